The van der Waals surface area contributed by atoms with Gasteiger partial charge in [-0.2, -0.15) is 0 Å². The van der Waals surface area contributed by atoms with E-state index in [1.807, 2.05) is 19.2 Å². The van der Waals surface area contributed by atoms with Gasteiger partial charge in [0.25, 0.3) is 0 Å². The number of nitrogens with one attached hydrogen (secondary N) is 1. The first-order valence-electron chi connectivity index (χ1n) is 6.67. The average Bonchev–Trinajstić information content (AvgIpc) is 2.38. The van der Waals surface area contributed by atoms with Crippen LogP contribution in [0.1, 0.15) is 44.1 Å². The smallest absolute Gasteiger partial charge is 0.0406 e. The van der Waals surface area contributed by atoms with Crippen LogP contribution < -0.4 is 5.32 Å². The molecule has 0 saturated heterocycles. The van der Waals surface area contributed by atoms with Crippen LogP contribution in [0.4, 0.5) is 0 Å². The highest BCUT2D eigenvalue weighted by atomic mass is 35.5. The summed E-state index contributed by atoms with van der Waals surface area (Å²) in [5.74, 6) is 0. The third-order valence-electron chi connectivity index (χ3n) is 4.12. The fourth-order valence-corrected chi connectivity index (χ4v) is 3.21. The summed E-state index contributed by atoms with van der Waals surface area (Å²) in [6, 6.07) is 8.52. The molecule has 0 heterocycles. The third kappa shape index (κ3) is 3.02. The zero-order chi connectivity index (χ0) is 12.1. The maximum absolute atomic E-state index is 5.99. The van der Waals surface area contributed by atoms with E-state index in [2.05, 4.69) is 17.4 Å². The summed E-state index contributed by atoms with van der Waals surface area (Å²) in [6.07, 6.45) is 8.03. The van der Waals surface area contributed by atoms with Gasteiger partial charge in [-0.05, 0) is 56.0 Å². The van der Waals surface area contributed by atoms with E-state index in [-0.39, 0.29) is 0 Å². The Balaban J connectivity index is 2.21. The van der Waals surface area contributed by atoms with E-state index in [0.717, 1.165) is 11.6 Å². The van der Waals surface area contributed by atoms with Crippen molar-refractivity contribution >= 4 is 11.6 Å². The Morgan fingerprint density at radius 3 is 2.35 bits per heavy atom. The summed E-state index contributed by atoms with van der Waals surface area (Å²) in [6.45, 7) is 1.10. The van der Waals surface area contributed by atoms with Gasteiger partial charge in [-0.1, -0.05) is 43.0 Å². The van der Waals surface area contributed by atoms with E-state index in [1.165, 1.54) is 44.1 Å². The predicted molar refractivity (Wildman–Crippen MR) is 74.8 cm³/mol. The maximum Gasteiger partial charge on any atom is 0.0406 e. The number of hydrogen-bond acceptors (Lipinski definition) is 1. The van der Waals surface area contributed by atoms with Crippen molar-refractivity contribution in [2.45, 2.75) is 43.9 Å². The summed E-state index contributed by atoms with van der Waals surface area (Å²) in [5.41, 5.74) is 1.88. The molecule has 0 amide bonds. The molecule has 1 nitrogen and oxygen atoms in total. The lowest BCUT2D eigenvalue weighted by Crippen LogP contribution is -2.32. The van der Waals surface area contributed by atoms with Crippen LogP contribution in [-0.2, 0) is 5.41 Å². The van der Waals surface area contributed by atoms with E-state index < -0.39 is 0 Å². The number of benzene rings is 1. The van der Waals surface area contributed by atoms with Crippen molar-refractivity contribution in [1.82, 2.24) is 5.32 Å². The Labute approximate surface area is 110 Å². The largest absolute Gasteiger partial charge is 0.320 e. The summed E-state index contributed by atoms with van der Waals surface area (Å²) in [7, 11) is 2.04. The zero-order valence-corrected chi connectivity index (χ0v) is 11.4. The van der Waals surface area contributed by atoms with Gasteiger partial charge in [0, 0.05) is 5.02 Å². The highest BCUT2D eigenvalue weighted by molar-refractivity contribution is 6.30. The zero-order valence-electron chi connectivity index (χ0n) is 10.6. The maximum atomic E-state index is 5.99. The van der Waals surface area contributed by atoms with Crippen molar-refractivity contribution in [3.05, 3.63) is 34.9 Å². The molecule has 1 aromatic rings. The van der Waals surface area contributed by atoms with Gasteiger partial charge in [0.05, 0.1) is 0 Å². The average molecular weight is 252 g/mol. The van der Waals surface area contributed by atoms with Crippen molar-refractivity contribution in [3.8, 4) is 0 Å². The molecule has 1 fully saturated rings. The van der Waals surface area contributed by atoms with Gasteiger partial charge < -0.3 is 5.32 Å². The fraction of sp³-hybridized carbons (Fsp3) is 0.600. The second kappa shape index (κ2) is 5.88. The Morgan fingerprint density at radius 2 is 1.76 bits per heavy atom. The van der Waals surface area contributed by atoms with Crippen LogP contribution in [0.5, 0.6) is 0 Å². The summed E-state index contributed by atoms with van der Waals surface area (Å²) >= 11 is 5.99. The highest BCUT2D eigenvalue weighted by Gasteiger charge is 2.32. The van der Waals surface area contributed by atoms with E-state index >= 15 is 0 Å². The molecule has 0 bridgehead atoms. The topological polar surface area (TPSA) is 12.0 Å². The molecule has 0 atom stereocenters. The molecule has 17 heavy (non-hydrogen) atoms. The van der Waals surface area contributed by atoms with E-state index in [0.29, 0.717) is 5.41 Å². The predicted octanol–water partition coefficient (Wildman–Crippen LogP) is 4.15. The van der Waals surface area contributed by atoms with Gasteiger partial charge in [0.2, 0.25) is 0 Å². The molecule has 0 radical (unpaired) electrons. The van der Waals surface area contributed by atoms with Gasteiger partial charge >= 0.3 is 0 Å². The lowest BCUT2D eigenvalue weighted by atomic mass is 9.67. The van der Waals surface area contributed by atoms with Crippen LogP contribution in [0.15, 0.2) is 24.3 Å². The van der Waals surface area contributed by atoms with Crippen molar-refractivity contribution in [2.24, 2.45) is 0 Å². The van der Waals surface area contributed by atoms with E-state index in [4.69, 9.17) is 11.6 Å². The minimum Gasteiger partial charge on any atom is -0.320 e. The minimum atomic E-state index is 0.395. The van der Waals surface area contributed by atoms with Crippen LogP contribution in [0.25, 0.3) is 0 Å². The lowest BCUT2D eigenvalue weighted by molar-refractivity contribution is 0.272. The van der Waals surface area contributed by atoms with Crippen molar-refractivity contribution in [3.63, 3.8) is 0 Å². The molecule has 1 aliphatic carbocycles. The summed E-state index contributed by atoms with van der Waals surface area (Å²) < 4.78 is 0. The molecule has 2 heteroatoms. The molecule has 0 spiro atoms. The van der Waals surface area contributed by atoms with Gasteiger partial charge in [0.15, 0.2) is 0 Å². The van der Waals surface area contributed by atoms with Crippen LogP contribution in [0, 0.1) is 0 Å². The van der Waals surface area contributed by atoms with Crippen molar-refractivity contribution in [1.29, 1.82) is 0 Å². The second-order valence-electron chi connectivity index (χ2n) is 5.20. The van der Waals surface area contributed by atoms with E-state index in [9.17, 15) is 0 Å². The monoisotopic (exact) mass is 251 g/mol. The molecule has 0 aliphatic heterocycles. The molecule has 0 aromatic heterocycles. The highest BCUT2D eigenvalue weighted by Crippen LogP contribution is 2.42. The summed E-state index contributed by atoms with van der Waals surface area (Å²) in [4.78, 5) is 0. The summed E-state index contributed by atoms with van der Waals surface area (Å²) in [5, 5.41) is 4.14. The number of hydrogen-bond donors (Lipinski definition) is 1. The van der Waals surface area contributed by atoms with Crippen LogP contribution in [-0.4, -0.2) is 13.6 Å². The minimum absolute atomic E-state index is 0.395. The number of halogens is 1. The molecular formula is C15H22ClN. The van der Waals surface area contributed by atoms with Gasteiger partial charge in [-0.15, -0.1) is 0 Å². The fourth-order valence-electron chi connectivity index (χ4n) is 3.08. The van der Waals surface area contributed by atoms with Crippen LogP contribution in [0.3, 0.4) is 0 Å². The van der Waals surface area contributed by atoms with Gasteiger partial charge in [0.1, 0.15) is 0 Å². The molecule has 1 N–H and O–H groups in total. The first-order valence-corrected chi connectivity index (χ1v) is 7.05. The van der Waals surface area contributed by atoms with Gasteiger partial charge in [-0.25, -0.2) is 0 Å². The lowest BCUT2D eigenvalue weighted by Gasteiger charge is -2.38. The van der Waals surface area contributed by atoms with Crippen molar-refractivity contribution in [2.75, 3.05) is 13.6 Å². The Morgan fingerprint density at radius 1 is 1.12 bits per heavy atom. The Hall–Kier alpha value is -0.530. The molecular weight excluding hydrogens is 230 g/mol. The SMILES string of the molecule is CNCCC1(c2ccc(Cl)cc2)CCCCC1. The third-order valence-corrected chi connectivity index (χ3v) is 4.37. The van der Waals surface area contributed by atoms with Crippen molar-refractivity contribution < 1.29 is 0 Å². The van der Waals surface area contributed by atoms with Crippen LogP contribution >= 0.6 is 11.6 Å². The molecule has 1 aromatic carbocycles. The molecule has 2 rings (SSSR count). The molecule has 1 aliphatic rings. The Kier molecular flexibility index (Phi) is 4.47. The Bertz CT molecular complexity index is 338. The first kappa shape index (κ1) is 12.9. The van der Waals surface area contributed by atoms with Crippen LogP contribution in [0.2, 0.25) is 5.02 Å². The van der Waals surface area contributed by atoms with E-state index in [1.54, 1.807) is 0 Å². The molecule has 0 unspecified atom stereocenters. The standard InChI is InChI=1S/C15H22ClN/c1-17-12-11-15(9-3-2-4-10-15)13-5-7-14(16)8-6-13/h5-8,17H,2-4,9-12H2,1H3. The number of rotatable bonds is 4. The molecule has 1 saturated carbocycles. The first-order chi connectivity index (χ1) is 8.27. The van der Waals surface area contributed by atoms with Gasteiger partial charge in [-0.3, -0.25) is 0 Å². The molecule has 94 valence electrons. The normalized spacial score (nSPS) is 19.2. The quantitative estimate of drug-likeness (QED) is 0.848. The second-order valence-corrected chi connectivity index (χ2v) is 5.64.